The van der Waals surface area contributed by atoms with Gasteiger partial charge < -0.3 is 14.2 Å². The lowest BCUT2D eigenvalue weighted by Gasteiger charge is -2.25. The molecule has 1 saturated heterocycles. The van der Waals surface area contributed by atoms with Gasteiger partial charge in [0.15, 0.2) is 6.39 Å². The highest BCUT2D eigenvalue weighted by Gasteiger charge is 2.37. The van der Waals surface area contributed by atoms with Crippen molar-refractivity contribution in [3.8, 4) is 0 Å². The van der Waals surface area contributed by atoms with Crippen molar-refractivity contribution in [3.63, 3.8) is 0 Å². The molecule has 1 aromatic heterocycles. The summed E-state index contributed by atoms with van der Waals surface area (Å²) in [7, 11) is 0. The second-order valence-electron chi connectivity index (χ2n) is 7.14. The third kappa shape index (κ3) is 4.37. The number of rotatable bonds is 7. The third-order valence-electron chi connectivity index (χ3n) is 5.23. The van der Waals surface area contributed by atoms with Gasteiger partial charge in [0.2, 0.25) is 5.91 Å². The Balaban J connectivity index is 1.51. The molecule has 0 aliphatic carbocycles. The van der Waals surface area contributed by atoms with Gasteiger partial charge in [0.05, 0.1) is 6.04 Å². The van der Waals surface area contributed by atoms with Crippen LogP contribution in [-0.2, 0) is 16.2 Å². The highest BCUT2D eigenvalue weighted by atomic mass is 16.6. The van der Waals surface area contributed by atoms with Crippen LogP contribution in [0.1, 0.15) is 36.2 Å². The smallest absolute Gasteiger partial charge is 0.223 e. The summed E-state index contributed by atoms with van der Waals surface area (Å²) in [5, 5.41) is 4.36. The molecule has 1 amide bonds. The minimum Gasteiger partial charge on any atom is -0.451 e. The molecular weight excluding hydrogens is 366 g/mol. The quantitative estimate of drug-likeness (QED) is 0.448. The van der Waals surface area contributed by atoms with E-state index >= 15 is 0 Å². The van der Waals surface area contributed by atoms with Gasteiger partial charge in [-0.15, -0.1) is 0 Å². The van der Waals surface area contributed by atoms with Crippen molar-refractivity contribution >= 4 is 11.6 Å². The molecule has 1 aliphatic heterocycles. The summed E-state index contributed by atoms with van der Waals surface area (Å²) in [5.74, 6) is 0.000132. The summed E-state index contributed by atoms with van der Waals surface area (Å²) in [4.78, 5) is 24.5. The lowest BCUT2D eigenvalue weighted by atomic mass is 10.00. The Labute approximate surface area is 169 Å². The number of hydrogen-bond acceptors (Lipinski definition) is 5. The predicted octanol–water partition coefficient (Wildman–Crippen LogP) is 4.21. The van der Waals surface area contributed by atoms with Crippen molar-refractivity contribution in [1.82, 2.24) is 9.88 Å². The fraction of sp³-hybridized carbons (Fsp3) is 0.261. The van der Waals surface area contributed by atoms with Crippen molar-refractivity contribution in [2.75, 3.05) is 6.54 Å². The number of likely N-dealkylation sites (tertiary alicyclic amines) is 1. The molecule has 3 aromatic rings. The average Bonchev–Trinajstić information content (AvgIpc) is 3.42. The van der Waals surface area contributed by atoms with Gasteiger partial charge in [0.1, 0.15) is 24.3 Å². The number of oxime groups is 1. The van der Waals surface area contributed by atoms with Crippen LogP contribution in [0.25, 0.3) is 0 Å². The number of nitrogens with zero attached hydrogens (tertiary/aromatic N) is 3. The Morgan fingerprint density at radius 3 is 2.62 bits per heavy atom. The van der Waals surface area contributed by atoms with Crippen LogP contribution in [-0.4, -0.2) is 28.0 Å². The Morgan fingerprint density at radius 1 is 1.21 bits per heavy atom. The van der Waals surface area contributed by atoms with E-state index in [9.17, 15) is 4.79 Å². The van der Waals surface area contributed by atoms with Crippen molar-refractivity contribution in [1.29, 1.82) is 0 Å². The molecule has 1 fully saturated rings. The Morgan fingerprint density at radius 2 is 1.93 bits per heavy atom. The third-order valence-corrected chi connectivity index (χ3v) is 5.23. The van der Waals surface area contributed by atoms with E-state index in [1.165, 1.54) is 6.39 Å². The summed E-state index contributed by atoms with van der Waals surface area (Å²) >= 11 is 0. The van der Waals surface area contributed by atoms with Gasteiger partial charge in [-0.05, 0) is 18.1 Å². The first-order valence-electron chi connectivity index (χ1n) is 9.69. The van der Waals surface area contributed by atoms with Crippen LogP contribution < -0.4 is 0 Å². The van der Waals surface area contributed by atoms with E-state index in [1.54, 1.807) is 6.26 Å². The molecule has 0 bridgehead atoms. The van der Waals surface area contributed by atoms with Crippen molar-refractivity contribution < 1.29 is 14.0 Å². The molecule has 0 radical (unpaired) electrons. The minimum atomic E-state index is -0.102. The van der Waals surface area contributed by atoms with Crippen LogP contribution in [0.5, 0.6) is 0 Å². The maximum atomic E-state index is 12.8. The van der Waals surface area contributed by atoms with Gasteiger partial charge >= 0.3 is 0 Å². The zero-order valence-corrected chi connectivity index (χ0v) is 16.3. The molecular formula is C23H23N3O3. The Bertz CT molecular complexity index is 956. The normalized spacial score (nSPS) is 18.1. The number of carbonyl (C=O) groups excluding carboxylic acids is 1. The average molecular weight is 389 g/mol. The molecule has 6 heteroatoms. The molecule has 2 aromatic carbocycles. The molecule has 6 nitrogen and oxygen atoms in total. The molecule has 0 N–H and O–H groups in total. The summed E-state index contributed by atoms with van der Waals surface area (Å²) < 4.78 is 5.14. The molecule has 0 saturated carbocycles. The van der Waals surface area contributed by atoms with Crippen LogP contribution in [0.2, 0.25) is 0 Å². The first-order chi connectivity index (χ1) is 14.2. The van der Waals surface area contributed by atoms with Gasteiger partial charge in [-0.1, -0.05) is 65.8 Å². The van der Waals surface area contributed by atoms with Crippen LogP contribution >= 0.6 is 0 Å². The molecule has 0 spiro atoms. The highest BCUT2D eigenvalue weighted by Crippen LogP contribution is 2.30. The number of aromatic nitrogens is 1. The SMILES string of the molecule is CC(c1ccccc1)N1CC(C(=NOCc2ccccc2)c2cocn2)CC1=O. The molecule has 2 unspecified atom stereocenters. The zero-order chi connectivity index (χ0) is 20.1. The molecule has 148 valence electrons. The van der Waals surface area contributed by atoms with Gasteiger partial charge in [0.25, 0.3) is 0 Å². The fourth-order valence-corrected chi connectivity index (χ4v) is 3.62. The van der Waals surface area contributed by atoms with E-state index in [2.05, 4.69) is 17.1 Å². The molecule has 29 heavy (non-hydrogen) atoms. The maximum absolute atomic E-state index is 12.8. The lowest BCUT2D eigenvalue weighted by Crippen LogP contribution is -2.29. The first-order valence-corrected chi connectivity index (χ1v) is 9.69. The van der Waals surface area contributed by atoms with E-state index in [1.807, 2.05) is 65.6 Å². The van der Waals surface area contributed by atoms with Gasteiger partial charge in [-0.25, -0.2) is 4.98 Å². The number of hydrogen-bond donors (Lipinski definition) is 0. The topological polar surface area (TPSA) is 67.9 Å². The predicted molar refractivity (Wildman–Crippen MR) is 109 cm³/mol. The summed E-state index contributed by atoms with van der Waals surface area (Å²) in [6.07, 6.45) is 3.28. The molecule has 4 rings (SSSR count). The maximum Gasteiger partial charge on any atom is 0.223 e. The number of oxazole rings is 1. The van der Waals surface area contributed by atoms with E-state index in [0.29, 0.717) is 31.0 Å². The van der Waals surface area contributed by atoms with Gasteiger partial charge in [-0.2, -0.15) is 0 Å². The summed E-state index contributed by atoms with van der Waals surface area (Å²) in [5.41, 5.74) is 3.38. The number of carbonyl (C=O) groups is 1. The zero-order valence-electron chi connectivity index (χ0n) is 16.3. The van der Waals surface area contributed by atoms with Crippen molar-refractivity contribution in [2.24, 2.45) is 11.1 Å². The highest BCUT2D eigenvalue weighted by molar-refractivity contribution is 6.03. The molecule has 2 heterocycles. The number of amides is 1. The van der Waals surface area contributed by atoms with E-state index in [4.69, 9.17) is 9.25 Å². The van der Waals surface area contributed by atoms with Crippen LogP contribution in [0, 0.1) is 5.92 Å². The summed E-state index contributed by atoms with van der Waals surface area (Å²) in [6, 6.07) is 19.9. The second-order valence-corrected chi connectivity index (χ2v) is 7.14. The van der Waals surface area contributed by atoms with Gasteiger partial charge in [-0.3, -0.25) is 4.79 Å². The lowest BCUT2D eigenvalue weighted by molar-refractivity contribution is -0.129. The molecule has 2 atom stereocenters. The standard InChI is InChI=1S/C23H23N3O3/c1-17(19-10-6-3-7-11-19)26-13-20(12-22(26)27)23(21-15-28-16-24-21)25-29-14-18-8-4-2-5-9-18/h2-11,15-17,20H,12-14H2,1H3. The first kappa shape index (κ1) is 18.9. The van der Waals surface area contributed by atoms with Crippen molar-refractivity contribution in [3.05, 3.63) is 90.1 Å². The Kier molecular flexibility index (Phi) is 5.70. The minimum absolute atomic E-state index is 0.00232. The number of benzene rings is 2. The fourth-order valence-electron chi connectivity index (χ4n) is 3.62. The monoisotopic (exact) mass is 389 g/mol. The van der Waals surface area contributed by atoms with Crippen LogP contribution in [0.4, 0.5) is 0 Å². The molecule has 1 aliphatic rings. The van der Waals surface area contributed by atoms with Crippen LogP contribution in [0.15, 0.2) is 82.9 Å². The second kappa shape index (κ2) is 8.73. The Hall–Kier alpha value is -3.41. The van der Waals surface area contributed by atoms with E-state index in [0.717, 1.165) is 11.1 Å². The van der Waals surface area contributed by atoms with E-state index in [-0.39, 0.29) is 17.9 Å². The van der Waals surface area contributed by atoms with Crippen LogP contribution in [0.3, 0.4) is 0 Å². The largest absolute Gasteiger partial charge is 0.451 e. The van der Waals surface area contributed by atoms with Gasteiger partial charge in [0, 0.05) is 18.9 Å². The van der Waals surface area contributed by atoms with Crippen molar-refractivity contribution in [2.45, 2.75) is 26.0 Å². The summed E-state index contributed by atoms with van der Waals surface area (Å²) in [6.45, 7) is 2.97. The van der Waals surface area contributed by atoms with E-state index < -0.39 is 0 Å².